The Hall–Kier alpha value is 0.590. The maximum Gasteiger partial charge on any atom is 0.0937 e. The highest BCUT2D eigenvalue weighted by molar-refractivity contribution is 9.09. The molecule has 1 rings (SSSR count). The van der Waals surface area contributed by atoms with Crippen LogP contribution in [0, 0.1) is 19.3 Å². The van der Waals surface area contributed by atoms with E-state index < -0.39 is 0 Å². The minimum absolute atomic E-state index is 0.316. The molecule has 0 radical (unpaired) electrons. The van der Waals surface area contributed by atoms with Gasteiger partial charge in [0.05, 0.1) is 10.7 Å². The first-order valence-corrected chi connectivity index (χ1v) is 8.17. The van der Waals surface area contributed by atoms with Crippen molar-refractivity contribution in [3.8, 4) is 0 Å². The second-order valence-electron chi connectivity index (χ2n) is 4.05. The Kier molecular flexibility index (Phi) is 5.26. The molecule has 1 aromatic heterocycles. The number of aromatic nitrogens is 1. The molecule has 0 unspecified atom stereocenters. The van der Waals surface area contributed by atoms with Crippen LogP contribution in [-0.4, -0.2) is 15.6 Å². The summed E-state index contributed by atoms with van der Waals surface area (Å²) in [5.74, 6) is 0. The van der Waals surface area contributed by atoms with E-state index in [9.17, 15) is 0 Å². The van der Waals surface area contributed by atoms with Crippen LogP contribution >= 0.6 is 43.2 Å². The van der Waals surface area contributed by atoms with E-state index in [1.54, 1.807) is 0 Å². The SMILES string of the molecule is CCC(CBr)(CBr)Cc1nc(C)c(C)s1. The van der Waals surface area contributed by atoms with E-state index in [4.69, 9.17) is 0 Å². The highest BCUT2D eigenvalue weighted by Gasteiger charge is 2.27. The van der Waals surface area contributed by atoms with Gasteiger partial charge < -0.3 is 0 Å². The standard InChI is InChI=1S/C11H17Br2NS/c1-4-11(6-12,7-13)5-10-14-8(2)9(3)15-10/h4-7H2,1-3H3. The van der Waals surface area contributed by atoms with Crippen molar-refractivity contribution in [2.45, 2.75) is 33.6 Å². The van der Waals surface area contributed by atoms with E-state index >= 15 is 0 Å². The largest absolute Gasteiger partial charge is 0.246 e. The van der Waals surface area contributed by atoms with E-state index in [0.717, 1.165) is 17.1 Å². The Morgan fingerprint density at radius 1 is 1.27 bits per heavy atom. The van der Waals surface area contributed by atoms with Gasteiger partial charge in [0, 0.05) is 22.0 Å². The summed E-state index contributed by atoms with van der Waals surface area (Å²) < 4.78 is 0. The van der Waals surface area contributed by atoms with Crippen LogP contribution in [0.15, 0.2) is 0 Å². The van der Waals surface area contributed by atoms with Gasteiger partial charge in [0.15, 0.2) is 0 Å². The molecule has 1 aromatic rings. The summed E-state index contributed by atoms with van der Waals surface area (Å²) in [6.07, 6.45) is 2.24. The van der Waals surface area contributed by atoms with Crippen molar-refractivity contribution in [2.75, 3.05) is 10.7 Å². The number of hydrogen-bond acceptors (Lipinski definition) is 2. The minimum Gasteiger partial charge on any atom is -0.246 e. The highest BCUT2D eigenvalue weighted by Crippen LogP contribution is 2.33. The Balaban J connectivity index is 2.82. The number of alkyl halides is 2. The fourth-order valence-corrected chi connectivity index (χ4v) is 4.61. The first kappa shape index (κ1) is 13.7. The lowest BCUT2D eigenvalue weighted by Gasteiger charge is -2.27. The molecule has 0 aliphatic rings. The molecule has 1 heterocycles. The van der Waals surface area contributed by atoms with Gasteiger partial charge in [-0.3, -0.25) is 0 Å². The topological polar surface area (TPSA) is 12.9 Å². The third-order valence-electron chi connectivity index (χ3n) is 2.92. The van der Waals surface area contributed by atoms with Gasteiger partial charge in [-0.1, -0.05) is 38.8 Å². The predicted molar refractivity (Wildman–Crippen MR) is 75.6 cm³/mol. The van der Waals surface area contributed by atoms with E-state index in [0.29, 0.717) is 5.41 Å². The van der Waals surface area contributed by atoms with Crippen molar-refractivity contribution in [1.82, 2.24) is 4.98 Å². The molecule has 0 N–H and O–H groups in total. The molecule has 86 valence electrons. The molecule has 1 nitrogen and oxygen atoms in total. The van der Waals surface area contributed by atoms with Gasteiger partial charge in [0.25, 0.3) is 0 Å². The number of thiazole rings is 1. The maximum absolute atomic E-state index is 4.62. The zero-order chi connectivity index (χ0) is 11.5. The molecule has 0 atom stereocenters. The number of rotatable bonds is 5. The second kappa shape index (κ2) is 5.78. The number of hydrogen-bond donors (Lipinski definition) is 0. The fraction of sp³-hybridized carbons (Fsp3) is 0.727. The molecule has 0 aromatic carbocycles. The third-order valence-corrected chi connectivity index (χ3v) is 6.37. The number of halogens is 2. The Labute approximate surface area is 113 Å². The summed E-state index contributed by atoms with van der Waals surface area (Å²) in [7, 11) is 0. The van der Waals surface area contributed by atoms with E-state index in [1.165, 1.54) is 22.0 Å². The maximum atomic E-state index is 4.62. The average molecular weight is 355 g/mol. The molecule has 0 fully saturated rings. The molecule has 0 aliphatic carbocycles. The summed E-state index contributed by atoms with van der Waals surface area (Å²) in [5.41, 5.74) is 1.50. The van der Waals surface area contributed by atoms with Gasteiger partial charge in [-0.25, -0.2) is 4.98 Å². The van der Waals surface area contributed by atoms with Gasteiger partial charge in [0.2, 0.25) is 0 Å². The van der Waals surface area contributed by atoms with Crippen LogP contribution in [-0.2, 0) is 6.42 Å². The molecule has 0 saturated heterocycles. The van der Waals surface area contributed by atoms with Crippen LogP contribution < -0.4 is 0 Å². The fourth-order valence-electron chi connectivity index (χ4n) is 1.38. The lowest BCUT2D eigenvalue weighted by molar-refractivity contribution is 0.373. The number of nitrogens with zero attached hydrogens (tertiary/aromatic N) is 1. The molecule has 0 amide bonds. The van der Waals surface area contributed by atoms with E-state index in [2.05, 4.69) is 57.6 Å². The van der Waals surface area contributed by atoms with Crippen molar-refractivity contribution in [1.29, 1.82) is 0 Å². The van der Waals surface area contributed by atoms with Crippen LogP contribution in [0.25, 0.3) is 0 Å². The van der Waals surface area contributed by atoms with E-state index in [1.807, 2.05) is 11.3 Å². The van der Waals surface area contributed by atoms with Crippen LogP contribution in [0.5, 0.6) is 0 Å². The zero-order valence-electron chi connectivity index (χ0n) is 9.44. The van der Waals surface area contributed by atoms with Gasteiger partial charge in [-0.05, 0) is 25.7 Å². The van der Waals surface area contributed by atoms with Gasteiger partial charge >= 0.3 is 0 Å². The van der Waals surface area contributed by atoms with Gasteiger partial charge in [-0.2, -0.15) is 0 Å². The smallest absolute Gasteiger partial charge is 0.0937 e. The third kappa shape index (κ3) is 3.27. The Morgan fingerprint density at radius 2 is 1.87 bits per heavy atom. The van der Waals surface area contributed by atoms with Crippen LogP contribution in [0.4, 0.5) is 0 Å². The molecule has 15 heavy (non-hydrogen) atoms. The van der Waals surface area contributed by atoms with E-state index in [-0.39, 0.29) is 0 Å². The monoisotopic (exact) mass is 353 g/mol. The normalized spacial score (nSPS) is 12.1. The van der Waals surface area contributed by atoms with Crippen molar-refractivity contribution in [3.63, 3.8) is 0 Å². The van der Waals surface area contributed by atoms with Crippen molar-refractivity contribution in [3.05, 3.63) is 15.6 Å². The molecule has 4 heteroatoms. The molecule has 0 saturated carbocycles. The summed E-state index contributed by atoms with van der Waals surface area (Å²) in [5, 5.41) is 3.32. The van der Waals surface area contributed by atoms with Gasteiger partial charge in [0.1, 0.15) is 0 Å². The number of aryl methyl sites for hydroxylation is 2. The van der Waals surface area contributed by atoms with Crippen molar-refractivity contribution in [2.24, 2.45) is 5.41 Å². The second-order valence-corrected chi connectivity index (χ2v) is 6.46. The van der Waals surface area contributed by atoms with Crippen molar-refractivity contribution >= 4 is 43.2 Å². The van der Waals surface area contributed by atoms with Crippen LogP contribution in [0.2, 0.25) is 0 Å². The highest BCUT2D eigenvalue weighted by atomic mass is 79.9. The molecular weight excluding hydrogens is 338 g/mol. The molecular formula is C11H17Br2NS. The zero-order valence-corrected chi connectivity index (χ0v) is 13.4. The minimum atomic E-state index is 0.316. The lowest BCUT2D eigenvalue weighted by Crippen LogP contribution is -2.26. The summed E-state index contributed by atoms with van der Waals surface area (Å²) in [6.45, 7) is 6.48. The summed E-state index contributed by atoms with van der Waals surface area (Å²) >= 11 is 9.08. The Morgan fingerprint density at radius 3 is 2.20 bits per heavy atom. The van der Waals surface area contributed by atoms with Crippen LogP contribution in [0.3, 0.4) is 0 Å². The summed E-state index contributed by atoms with van der Waals surface area (Å²) in [6, 6.07) is 0. The average Bonchev–Trinajstić information content (AvgIpc) is 2.55. The molecule has 0 spiro atoms. The molecule has 0 bridgehead atoms. The first-order chi connectivity index (χ1) is 7.06. The van der Waals surface area contributed by atoms with Gasteiger partial charge in [-0.15, -0.1) is 11.3 Å². The van der Waals surface area contributed by atoms with Crippen molar-refractivity contribution < 1.29 is 0 Å². The quantitative estimate of drug-likeness (QED) is 0.710. The lowest BCUT2D eigenvalue weighted by atomic mass is 9.87. The predicted octanol–water partition coefficient (Wildman–Crippen LogP) is 4.49. The molecule has 0 aliphatic heterocycles. The van der Waals surface area contributed by atoms with Crippen LogP contribution in [0.1, 0.15) is 28.9 Å². The Bertz CT molecular complexity index is 291. The summed E-state index contributed by atoms with van der Waals surface area (Å²) in [4.78, 5) is 5.96. The first-order valence-electron chi connectivity index (χ1n) is 5.11.